The number of rotatable bonds is 5. The van der Waals surface area contributed by atoms with Crippen LogP contribution in [0.15, 0.2) is 12.3 Å². The van der Waals surface area contributed by atoms with Crippen LogP contribution in [0.25, 0.3) is 0 Å². The maximum Gasteiger partial charge on any atom is 0.126 e. The third-order valence-electron chi connectivity index (χ3n) is 1.93. The summed E-state index contributed by atoms with van der Waals surface area (Å²) in [5.74, 6) is 0.850. The molecule has 1 aromatic heterocycles. The molecule has 0 fully saturated rings. The fourth-order valence-electron chi connectivity index (χ4n) is 1.15. The van der Waals surface area contributed by atoms with E-state index in [1.807, 2.05) is 13.1 Å². The molecule has 78 valence electrons. The van der Waals surface area contributed by atoms with Crippen LogP contribution in [0, 0.1) is 0 Å². The van der Waals surface area contributed by atoms with Crippen molar-refractivity contribution in [2.24, 2.45) is 0 Å². The Labute approximate surface area is 89.9 Å². The lowest BCUT2D eigenvalue weighted by Gasteiger charge is -2.07. The van der Waals surface area contributed by atoms with Crippen molar-refractivity contribution in [3.05, 3.63) is 22.8 Å². The molecule has 0 aromatic carbocycles. The summed E-state index contributed by atoms with van der Waals surface area (Å²) in [6.45, 7) is 3.94. The Bertz CT molecular complexity index is 289. The fraction of sp³-hybridized carbons (Fsp3) is 0.500. The summed E-state index contributed by atoms with van der Waals surface area (Å²) >= 11 is 6.00. The highest BCUT2D eigenvalue weighted by Gasteiger charge is 2.01. The molecule has 4 heteroatoms. The number of halogens is 1. The van der Waals surface area contributed by atoms with Crippen molar-refractivity contribution in [2.45, 2.75) is 19.9 Å². The average Bonchev–Trinajstić information content (AvgIpc) is 2.21. The van der Waals surface area contributed by atoms with Crippen molar-refractivity contribution in [3.8, 4) is 0 Å². The summed E-state index contributed by atoms with van der Waals surface area (Å²) in [5, 5.41) is 7.01. The molecule has 0 radical (unpaired) electrons. The smallest absolute Gasteiger partial charge is 0.126 e. The molecule has 0 amide bonds. The zero-order valence-electron chi connectivity index (χ0n) is 8.60. The first-order chi connectivity index (χ1) is 6.77. The summed E-state index contributed by atoms with van der Waals surface area (Å²) in [6.07, 6.45) is 2.80. The molecule has 0 aliphatic carbocycles. The van der Waals surface area contributed by atoms with E-state index in [1.165, 1.54) is 0 Å². The van der Waals surface area contributed by atoms with Gasteiger partial charge in [-0.1, -0.05) is 18.5 Å². The fourth-order valence-corrected chi connectivity index (χ4v) is 1.32. The van der Waals surface area contributed by atoms with Crippen molar-refractivity contribution in [3.63, 3.8) is 0 Å². The normalized spacial score (nSPS) is 10.2. The number of nitrogens with one attached hydrogen (secondary N) is 2. The van der Waals surface area contributed by atoms with E-state index < -0.39 is 0 Å². The first-order valence-corrected chi connectivity index (χ1v) is 5.18. The summed E-state index contributed by atoms with van der Waals surface area (Å²) in [7, 11) is 1.85. The van der Waals surface area contributed by atoms with Crippen molar-refractivity contribution < 1.29 is 0 Å². The van der Waals surface area contributed by atoms with Crippen molar-refractivity contribution in [2.75, 3.05) is 18.9 Å². The van der Waals surface area contributed by atoms with Crippen LogP contribution in [-0.2, 0) is 6.54 Å². The van der Waals surface area contributed by atoms with E-state index >= 15 is 0 Å². The second kappa shape index (κ2) is 5.83. The molecule has 0 saturated heterocycles. The number of anilines is 1. The summed E-state index contributed by atoms with van der Waals surface area (Å²) in [5.41, 5.74) is 1.08. The molecular formula is C10H16ClN3. The van der Waals surface area contributed by atoms with Crippen LogP contribution in [0.3, 0.4) is 0 Å². The summed E-state index contributed by atoms with van der Waals surface area (Å²) in [4.78, 5) is 4.11. The Morgan fingerprint density at radius 2 is 2.29 bits per heavy atom. The van der Waals surface area contributed by atoms with Crippen LogP contribution in [0.1, 0.15) is 18.9 Å². The van der Waals surface area contributed by atoms with Gasteiger partial charge in [-0.3, -0.25) is 0 Å². The molecule has 0 bridgehead atoms. The minimum atomic E-state index is 0.715. The lowest BCUT2D eigenvalue weighted by atomic mass is 10.2. The van der Waals surface area contributed by atoms with Crippen LogP contribution < -0.4 is 10.6 Å². The van der Waals surface area contributed by atoms with Gasteiger partial charge in [-0.05, 0) is 24.6 Å². The Hall–Kier alpha value is -0.800. The molecule has 3 nitrogen and oxygen atoms in total. The Balaban J connectivity index is 2.64. The maximum atomic E-state index is 6.00. The average molecular weight is 214 g/mol. The van der Waals surface area contributed by atoms with Crippen LogP contribution >= 0.6 is 11.6 Å². The van der Waals surface area contributed by atoms with Gasteiger partial charge in [0.1, 0.15) is 5.82 Å². The number of nitrogens with zero attached hydrogens (tertiary/aromatic N) is 1. The molecule has 0 aliphatic heterocycles. The van der Waals surface area contributed by atoms with Gasteiger partial charge >= 0.3 is 0 Å². The van der Waals surface area contributed by atoms with E-state index in [-0.39, 0.29) is 0 Å². The van der Waals surface area contributed by atoms with Gasteiger partial charge in [0.05, 0.1) is 5.02 Å². The third-order valence-corrected chi connectivity index (χ3v) is 2.27. The first kappa shape index (κ1) is 11.3. The van der Waals surface area contributed by atoms with Crippen LogP contribution in [0.2, 0.25) is 5.02 Å². The monoisotopic (exact) mass is 213 g/mol. The molecule has 0 atom stereocenters. The van der Waals surface area contributed by atoms with E-state index in [0.29, 0.717) is 5.02 Å². The predicted octanol–water partition coefficient (Wildman–Crippen LogP) is 2.28. The number of aromatic nitrogens is 1. The van der Waals surface area contributed by atoms with E-state index in [1.54, 1.807) is 6.20 Å². The van der Waals surface area contributed by atoms with Gasteiger partial charge in [0.15, 0.2) is 0 Å². The van der Waals surface area contributed by atoms with Gasteiger partial charge in [0.2, 0.25) is 0 Å². The molecule has 2 N–H and O–H groups in total. The van der Waals surface area contributed by atoms with E-state index in [0.717, 1.165) is 30.9 Å². The standard InChI is InChI=1S/C10H16ClN3/c1-3-4-13-6-8-5-10(12-2)14-7-9(8)11/h5,7,13H,3-4,6H2,1-2H3,(H,12,14). The van der Waals surface area contributed by atoms with E-state index in [4.69, 9.17) is 11.6 Å². The predicted molar refractivity (Wildman–Crippen MR) is 60.8 cm³/mol. The lowest BCUT2D eigenvalue weighted by molar-refractivity contribution is 0.675. The largest absolute Gasteiger partial charge is 0.373 e. The van der Waals surface area contributed by atoms with Gasteiger partial charge in [-0.15, -0.1) is 0 Å². The number of hydrogen-bond donors (Lipinski definition) is 2. The minimum Gasteiger partial charge on any atom is -0.373 e. The molecule has 1 aromatic rings. The molecular weight excluding hydrogens is 198 g/mol. The Morgan fingerprint density at radius 3 is 2.93 bits per heavy atom. The van der Waals surface area contributed by atoms with Crippen molar-refractivity contribution >= 4 is 17.4 Å². The minimum absolute atomic E-state index is 0.715. The van der Waals surface area contributed by atoms with Crippen molar-refractivity contribution in [1.29, 1.82) is 0 Å². The maximum absolute atomic E-state index is 6.00. The van der Waals surface area contributed by atoms with Gasteiger partial charge in [0, 0.05) is 19.8 Å². The second-order valence-corrected chi connectivity index (χ2v) is 3.49. The van der Waals surface area contributed by atoms with Gasteiger partial charge in [-0.2, -0.15) is 0 Å². The Kier molecular flexibility index (Phi) is 4.70. The summed E-state index contributed by atoms with van der Waals surface area (Å²) < 4.78 is 0. The summed E-state index contributed by atoms with van der Waals surface area (Å²) in [6, 6.07) is 1.96. The first-order valence-electron chi connectivity index (χ1n) is 4.80. The van der Waals surface area contributed by atoms with Crippen molar-refractivity contribution in [1.82, 2.24) is 10.3 Å². The highest BCUT2D eigenvalue weighted by atomic mass is 35.5. The molecule has 0 saturated carbocycles. The quantitative estimate of drug-likeness (QED) is 0.737. The Morgan fingerprint density at radius 1 is 1.50 bits per heavy atom. The number of pyridine rings is 1. The number of hydrogen-bond acceptors (Lipinski definition) is 3. The SMILES string of the molecule is CCCNCc1cc(NC)ncc1Cl. The van der Waals surface area contributed by atoms with Gasteiger partial charge < -0.3 is 10.6 Å². The molecule has 1 heterocycles. The van der Waals surface area contributed by atoms with E-state index in [9.17, 15) is 0 Å². The molecule has 0 spiro atoms. The third kappa shape index (κ3) is 3.16. The highest BCUT2D eigenvalue weighted by Crippen LogP contribution is 2.17. The lowest BCUT2D eigenvalue weighted by Crippen LogP contribution is -2.14. The van der Waals surface area contributed by atoms with E-state index in [2.05, 4.69) is 22.5 Å². The molecule has 14 heavy (non-hydrogen) atoms. The van der Waals surface area contributed by atoms with Crippen LogP contribution in [-0.4, -0.2) is 18.6 Å². The molecule has 0 unspecified atom stereocenters. The molecule has 1 rings (SSSR count). The second-order valence-electron chi connectivity index (χ2n) is 3.09. The van der Waals surface area contributed by atoms with Crippen LogP contribution in [0.5, 0.6) is 0 Å². The zero-order valence-corrected chi connectivity index (χ0v) is 9.36. The molecule has 0 aliphatic rings. The zero-order chi connectivity index (χ0) is 10.4. The highest BCUT2D eigenvalue weighted by molar-refractivity contribution is 6.31. The topological polar surface area (TPSA) is 37.0 Å². The van der Waals surface area contributed by atoms with Crippen LogP contribution in [0.4, 0.5) is 5.82 Å². The van der Waals surface area contributed by atoms with Gasteiger partial charge in [0.25, 0.3) is 0 Å². The van der Waals surface area contributed by atoms with Gasteiger partial charge in [-0.25, -0.2) is 4.98 Å².